The highest BCUT2D eigenvalue weighted by molar-refractivity contribution is 5.77. The summed E-state index contributed by atoms with van der Waals surface area (Å²) < 4.78 is 41.5. The van der Waals surface area contributed by atoms with Crippen molar-refractivity contribution >= 4 is 11.9 Å². The molecule has 0 aromatic heterocycles. The highest BCUT2D eigenvalue weighted by Gasteiger charge is 2.32. The van der Waals surface area contributed by atoms with Gasteiger partial charge in [-0.3, -0.25) is 9.59 Å². The maximum Gasteiger partial charge on any atom is 0.406 e. The fourth-order valence-corrected chi connectivity index (χ4v) is 1.57. The van der Waals surface area contributed by atoms with E-state index in [-0.39, 0.29) is 25.4 Å². The number of esters is 1. The SMILES string of the molecule is COC(=O)CCN(CC(F)(F)F)C(=O)CCCC(C)N. The van der Waals surface area contributed by atoms with E-state index in [9.17, 15) is 22.8 Å². The van der Waals surface area contributed by atoms with Crippen LogP contribution in [0.4, 0.5) is 13.2 Å². The molecule has 0 bridgehead atoms. The van der Waals surface area contributed by atoms with Crippen molar-refractivity contribution in [3.8, 4) is 0 Å². The standard InChI is InChI=1S/C12H21F3N2O3/c1-9(16)4-3-5-10(18)17(8-12(13,14)15)7-6-11(19)20-2/h9H,3-8,16H2,1-2H3. The lowest BCUT2D eigenvalue weighted by Gasteiger charge is -2.23. The number of carbonyl (C=O) groups is 2. The smallest absolute Gasteiger partial charge is 0.406 e. The maximum absolute atomic E-state index is 12.4. The molecule has 0 saturated heterocycles. The van der Waals surface area contributed by atoms with Crippen LogP contribution in [0.3, 0.4) is 0 Å². The molecule has 20 heavy (non-hydrogen) atoms. The van der Waals surface area contributed by atoms with Crippen molar-refractivity contribution in [2.75, 3.05) is 20.2 Å². The molecule has 8 heteroatoms. The summed E-state index contributed by atoms with van der Waals surface area (Å²) in [5.74, 6) is -1.28. The van der Waals surface area contributed by atoms with Crippen LogP contribution in [0.15, 0.2) is 0 Å². The highest BCUT2D eigenvalue weighted by atomic mass is 19.4. The largest absolute Gasteiger partial charge is 0.469 e. The number of ether oxygens (including phenoxy) is 1. The van der Waals surface area contributed by atoms with Crippen LogP contribution in [0, 0.1) is 0 Å². The highest BCUT2D eigenvalue weighted by Crippen LogP contribution is 2.18. The third kappa shape index (κ3) is 9.60. The van der Waals surface area contributed by atoms with E-state index in [1.54, 1.807) is 6.92 Å². The molecule has 0 heterocycles. The second-order valence-corrected chi connectivity index (χ2v) is 4.63. The van der Waals surface area contributed by atoms with Crippen LogP contribution in [-0.4, -0.2) is 49.2 Å². The van der Waals surface area contributed by atoms with Gasteiger partial charge in [-0.1, -0.05) is 0 Å². The van der Waals surface area contributed by atoms with Gasteiger partial charge in [0.15, 0.2) is 0 Å². The van der Waals surface area contributed by atoms with Gasteiger partial charge in [0.25, 0.3) is 0 Å². The van der Waals surface area contributed by atoms with E-state index in [2.05, 4.69) is 4.74 Å². The molecule has 0 aliphatic rings. The number of hydrogen-bond acceptors (Lipinski definition) is 4. The Bertz CT molecular complexity index is 320. The number of nitrogens with two attached hydrogens (primary N) is 1. The molecule has 1 amide bonds. The third-order valence-corrected chi connectivity index (χ3v) is 2.59. The topological polar surface area (TPSA) is 72.6 Å². The average Bonchev–Trinajstić information content (AvgIpc) is 2.31. The van der Waals surface area contributed by atoms with Crippen LogP contribution >= 0.6 is 0 Å². The van der Waals surface area contributed by atoms with Crippen molar-refractivity contribution in [2.45, 2.75) is 44.8 Å². The molecular formula is C12H21F3N2O3. The number of methoxy groups -OCH3 is 1. The summed E-state index contributed by atoms with van der Waals surface area (Å²) in [5, 5.41) is 0. The van der Waals surface area contributed by atoms with Crippen LogP contribution in [0.25, 0.3) is 0 Å². The Morgan fingerprint density at radius 3 is 2.35 bits per heavy atom. The molecule has 2 N–H and O–H groups in total. The van der Waals surface area contributed by atoms with Gasteiger partial charge in [-0.15, -0.1) is 0 Å². The average molecular weight is 298 g/mol. The summed E-state index contributed by atoms with van der Waals surface area (Å²) in [7, 11) is 1.14. The minimum atomic E-state index is -4.49. The number of hydrogen-bond donors (Lipinski definition) is 1. The van der Waals surface area contributed by atoms with E-state index in [0.29, 0.717) is 17.7 Å². The fourth-order valence-electron chi connectivity index (χ4n) is 1.57. The van der Waals surface area contributed by atoms with E-state index in [1.165, 1.54) is 0 Å². The van der Waals surface area contributed by atoms with Gasteiger partial charge in [-0.2, -0.15) is 13.2 Å². The Kier molecular flexibility index (Phi) is 8.21. The normalized spacial score (nSPS) is 12.9. The summed E-state index contributed by atoms with van der Waals surface area (Å²) in [6, 6.07) is -0.103. The zero-order valence-corrected chi connectivity index (χ0v) is 11.7. The Morgan fingerprint density at radius 1 is 1.30 bits per heavy atom. The number of alkyl halides is 3. The molecule has 0 radical (unpaired) electrons. The van der Waals surface area contributed by atoms with Gasteiger partial charge in [0.1, 0.15) is 6.54 Å². The van der Waals surface area contributed by atoms with E-state index in [1.807, 2.05) is 0 Å². The van der Waals surface area contributed by atoms with Gasteiger partial charge in [0.05, 0.1) is 13.5 Å². The molecule has 1 unspecified atom stereocenters. The zero-order valence-electron chi connectivity index (χ0n) is 11.7. The molecule has 1 atom stereocenters. The minimum absolute atomic E-state index is 0.0151. The van der Waals surface area contributed by atoms with Crippen molar-refractivity contribution < 1.29 is 27.5 Å². The third-order valence-electron chi connectivity index (χ3n) is 2.59. The lowest BCUT2D eigenvalue weighted by atomic mass is 10.1. The Balaban J connectivity index is 4.42. The first-order valence-corrected chi connectivity index (χ1v) is 6.32. The lowest BCUT2D eigenvalue weighted by Crippen LogP contribution is -2.40. The van der Waals surface area contributed by atoms with Crippen molar-refractivity contribution in [3.05, 3.63) is 0 Å². The van der Waals surface area contributed by atoms with Crippen LogP contribution in [0.2, 0.25) is 0 Å². The molecule has 0 aromatic rings. The van der Waals surface area contributed by atoms with Gasteiger partial charge in [-0.05, 0) is 19.8 Å². The first kappa shape index (κ1) is 18.7. The van der Waals surface area contributed by atoms with E-state index in [4.69, 9.17) is 5.73 Å². The summed E-state index contributed by atoms with van der Waals surface area (Å²) in [5.41, 5.74) is 5.51. The fraction of sp³-hybridized carbons (Fsp3) is 0.833. The molecule has 0 rings (SSSR count). The van der Waals surface area contributed by atoms with Crippen molar-refractivity contribution in [3.63, 3.8) is 0 Å². The number of nitrogens with zero attached hydrogens (tertiary/aromatic N) is 1. The van der Waals surface area contributed by atoms with Crippen molar-refractivity contribution in [2.24, 2.45) is 5.73 Å². The van der Waals surface area contributed by atoms with Crippen LogP contribution in [0.5, 0.6) is 0 Å². The number of amides is 1. The summed E-state index contributed by atoms with van der Waals surface area (Å²) >= 11 is 0. The number of halogens is 3. The molecule has 0 aliphatic heterocycles. The molecule has 118 valence electrons. The molecule has 0 aliphatic carbocycles. The van der Waals surface area contributed by atoms with Crippen molar-refractivity contribution in [1.29, 1.82) is 0 Å². The van der Waals surface area contributed by atoms with Gasteiger partial charge in [0.2, 0.25) is 5.91 Å². The van der Waals surface area contributed by atoms with Crippen molar-refractivity contribution in [1.82, 2.24) is 4.90 Å². The molecule has 0 fully saturated rings. The van der Waals surface area contributed by atoms with Crippen LogP contribution in [0.1, 0.15) is 32.6 Å². The van der Waals surface area contributed by atoms with Gasteiger partial charge in [0, 0.05) is 19.0 Å². The zero-order chi connectivity index (χ0) is 15.8. The minimum Gasteiger partial charge on any atom is -0.469 e. The lowest BCUT2D eigenvalue weighted by molar-refractivity contribution is -0.162. The van der Waals surface area contributed by atoms with Gasteiger partial charge >= 0.3 is 12.1 Å². The predicted molar refractivity (Wildman–Crippen MR) is 66.8 cm³/mol. The molecular weight excluding hydrogens is 277 g/mol. The Labute approximate surface area is 116 Å². The second kappa shape index (κ2) is 8.78. The molecule has 5 nitrogen and oxygen atoms in total. The molecule has 0 saturated carbocycles. The van der Waals surface area contributed by atoms with E-state index >= 15 is 0 Å². The maximum atomic E-state index is 12.4. The Hall–Kier alpha value is -1.31. The Morgan fingerprint density at radius 2 is 1.90 bits per heavy atom. The first-order chi connectivity index (χ1) is 9.15. The number of carbonyl (C=O) groups excluding carboxylic acids is 2. The molecule has 0 aromatic carbocycles. The predicted octanol–water partition coefficient (Wildman–Crippen LogP) is 1.46. The number of rotatable bonds is 8. The molecule has 0 spiro atoms. The van der Waals surface area contributed by atoms with Crippen LogP contribution < -0.4 is 5.73 Å². The first-order valence-electron chi connectivity index (χ1n) is 6.32. The monoisotopic (exact) mass is 298 g/mol. The van der Waals surface area contributed by atoms with Crippen LogP contribution in [-0.2, 0) is 14.3 Å². The van der Waals surface area contributed by atoms with E-state index in [0.717, 1.165) is 7.11 Å². The summed E-state index contributed by atoms with van der Waals surface area (Å²) in [6.45, 7) is 0.0966. The van der Waals surface area contributed by atoms with E-state index < -0.39 is 24.6 Å². The summed E-state index contributed by atoms with van der Waals surface area (Å²) in [6.07, 6.45) is -3.79. The quantitative estimate of drug-likeness (QED) is 0.689. The van der Waals surface area contributed by atoms with Gasteiger partial charge in [-0.25, -0.2) is 0 Å². The second-order valence-electron chi connectivity index (χ2n) is 4.63. The van der Waals surface area contributed by atoms with Gasteiger partial charge < -0.3 is 15.4 Å². The summed E-state index contributed by atoms with van der Waals surface area (Å²) in [4.78, 5) is 23.3.